The number of hydrogen-bond donors (Lipinski definition) is 2. The molecule has 1 fully saturated rings. The van der Waals surface area contributed by atoms with Gasteiger partial charge in [-0.25, -0.2) is 9.18 Å². The number of halogens is 1. The van der Waals surface area contributed by atoms with Crippen LogP contribution in [0.1, 0.15) is 12.0 Å². The first-order valence-electron chi connectivity index (χ1n) is 6.53. The third-order valence-corrected chi connectivity index (χ3v) is 4.45. The maximum absolute atomic E-state index is 13.0. The molecule has 23 heavy (non-hydrogen) atoms. The summed E-state index contributed by atoms with van der Waals surface area (Å²) in [6.07, 6.45) is 1.52. The zero-order chi connectivity index (χ0) is 16.6. The average molecular weight is 351 g/mol. The van der Waals surface area contributed by atoms with E-state index in [1.54, 1.807) is 0 Å². The van der Waals surface area contributed by atoms with Gasteiger partial charge in [-0.2, -0.15) is 5.10 Å². The van der Waals surface area contributed by atoms with Crippen molar-refractivity contribution in [2.24, 2.45) is 5.10 Å². The van der Waals surface area contributed by atoms with Crippen LogP contribution in [0.25, 0.3) is 0 Å². The Kier molecular flexibility index (Phi) is 4.14. The number of carboxylic acid groups (broad SMARTS) is 1. The number of rotatable bonds is 3. The van der Waals surface area contributed by atoms with Gasteiger partial charge in [-0.1, -0.05) is 36.1 Å². The molecule has 6 nitrogen and oxygen atoms in total. The lowest BCUT2D eigenvalue weighted by Gasteiger charge is -2.15. The first kappa shape index (κ1) is 15.6. The molecule has 1 atom stereocenters. The largest absolute Gasteiger partial charge is 0.480 e. The minimum Gasteiger partial charge on any atom is -0.480 e. The summed E-state index contributed by atoms with van der Waals surface area (Å²) in [5.41, 5.74) is 1.15. The molecule has 2 aliphatic rings. The summed E-state index contributed by atoms with van der Waals surface area (Å²) < 4.78 is 13.3. The Morgan fingerprint density at radius 2 is 2.17 bits per heavy atom. The Morgan fingerprint density at radius 3 is 2.74 bits per heavy atom. The number of amides is 1. The normalized spacial score (nSPS) is 22.5. The summed E-state index contributed by atoms with van der Waals surface area (Å²) in [6.45, 7) is 0. The Bertz CT molecular complexity index is 761. The molecule has 118 valence electrons. The van der Waals surface area contributed by atoms with Gasteiger partial charge < -0.3 is 10.4 Å². The zero-order valence-corrected chi connectivity index (χ0v) is 13.2. The molecule has 1 aromatic carbocycles. The number of aliphatic carboxylic acids is 1. The lowest BCUT2D eigenvalue weighted by Crippen LogP contribution is -2.31. The minimum atomic E-state index is -1.06. The maximum Gasteiger partial charge on any atom is 0.328 e. The zero-order valence-electron chi connectivity index (χ0n) is 11.5. The molecule has 1 amide bonds. The number of thiocarbonyl (C=S) groups is 1. The number of hydrazone groups is 1. The highest BCUT2D eigenvalue weighted by Crippen LogP contribution is 2.28. The Hall–Kier alpha value is -2.26. The van der Waals surface area contributed by atoms with Crippen LogP contribution in [0.2, 0.25) is 0 Å². The molecule has 0 aromatic heterocycles. The van der Waals surface area contributed by atoms with E-state index in [2.05, 4.69) is 10.4 Å². The van der Waals surface area contributed by atoms with Crippen LogP contribution in [-0.4, -0.2) is 38.1 Å². The van der Waals surface area contributed by atoms with Crippen LogP contribution >= 0.6 is 24.0 Å². The molecule has 1 aromatic rings. The molecule has 1 saturated heterocycles. The predicted molar refractivity (Wildman–Crippen MR) is 87.2 cm³/mol. The molecular weight excluding hydrogens is 341 g/mol. The quantitative estimate of drug-likeness (QED) is 0.637. The predicted octanol–water partition coefficient (Wildman–Crippen LogP) is 1.68. The smallest absolute Gasteiger partial charge is 0.328 e. The van der Waals surface area contributed by atoms with Crippen molar-refractivity contribution < 1.29 is 19.1 Å². The van der Waals surface area contributed by atoms with Crippen molar-refractivity contribution in [3.8, 4) is 0 Å². The number of nitrogens with one attached hydrogen (secondary N) is 1. The maximum atomic E-state index is 13.0. The van der Waals surface area contributed by atoms with Gasteiger partial charge in [0.1, 0.15) is 10.1 Å². The number of thioether (sulfide) groups is 1. The molecule has 0 bridgehead atoms. The van der Waals surface area contributed by atoms with Crippen molar-refractivity contribution in [3.05, 3.63) is 46.8 Å². The molecule has 0 saturated carbocycles. The van der Waals surface area contributed by atoms with Gasteiger partial charge in [0.2, 0.25) is 0 Å². The van der Waals surface area contributed by atoms with Crippen molar-refractivity contribution >= 4 is 45.9 Å². The summed E-state index contributed by atoms with van der Waals surface area (Å²) >= 11 is 5.94. The van der Waals surface area contributed by atoms with Crippen LogP contribution in [0.3, 0.4) is 0 Å². The SMILES string of the molecule is O=C1NC(=S)S/C1=C\N1N=C(c2ccc(F)cc2)C[C@@H]1C(=O)O. The highest BCUT2D eigenvalue weighted by atomic mass is 32.2. The molecule has 3 rings (SSSR count). The van der Waals surface area contributed by atoms with E-state index in [0.717, 1.165) is 11.8 Å². The van der Waals surface area contributed by atoms with E-state index in [0.29, 0.717) is 15.6 Å². The van der Waals surface area contributed by atoms with E-state index < -0.39 is 12.0 Å². The molecule has 0 unspecified atom stereocenters. The monoisotopic (exact) mass is 351 g/mol. The molecule has 2 aliphatic heterocycles. The van der Waals surface area contributed by atoms with Crippen LogP contribution in [0.4, 0.5) is 4.39 Å². The van der Waals surface area contributed by atoms with Gasteiger partial charge in [0.25, 0.3) is 5.91 Å². The number of carbonyl (C=O) groups is 2. The Labute approximate surface area is 140 Å². The molecule has 2 N–H and O–H groups in total. The van der Waals surface area contributed by atoms with Crippen LogP contribution in [-0.2, 0) is 9.59 Å². The Balaban J connectivity index is 1.91. The fraction of sp³-hybridized carbons (Fsp3) is 0.143. The highest BCUT2D eigenvalue weighted by Gasteiger charge is 2.34. The second-order valence-electron chi connectivity index (χ2n) is 4.83. The number of nitrogens with zero attached hydrogens (tertiary/aromatic N) is 2. The van der Waals surface area contributed by atoms with Gasteiger partial charge in [0.15, 0.2) is 6.04 Å². The first-order valence-corrected chi connectivity index (χ1v) is 7.76. The van der Waals surface area contributed by atoms with E-state index >= 15 is 0 Å². The molecule has 0 aliphatic carbocycles. The number of carboxylic acids is 1. The van der Waals surface area contributed by atoms with Crippen molar-refractivity contribution in [2.75, 3.05) is 0 Å². The third kappa shape index (κ3) is 3.25. The second-order valence-corrected chi connectivity index (χ2v) is 6.55. The van der Waals surface area contributed by atoms with Crippen LogP contribution in [0.15, 0.2) is 40.5 Å². The second kappa shape index (κ2) is 6.09. The van der Waals surface area contributed by atoms with E-state index in [-0.39, 0.29) is 23.1 Å². The molecule has 9 heteroatoms. The van der Waals surface area contributed by atoms with Gasteiger partial charge >= 0.3 is 5.97 Å². The summed E-state index contributed by atoms with van der Waals surface area (Å²) in [5, 5.41) is 17.3. The third-order valence-electron chi connectivity index (χ3n) is 3.30. The number of hydrogen-bond acceptors (Lipinski definition) is 6. The van der Waals surface area contributed by atoms with Crippen molar-refractivity contribution in [1.29, 1.82) is 0 Å². The van der Waals surface area contributed by atoms with Gasteiger partial charge in [-0.3, -0.25) is 9.80 Å². The van der Waals surface area contributed by atoms with E-state index in [9.17, 15) is 19.1 Å². The Morgan fingerprint density at radius 1 is 1.48 bits per heavy atom. The van der Waals surface area contributed by atoms with Crippen molar-refractivity contribution in [1.82, 2.24) is 10.3 Å². The average Bonchev–Trinajstić information content (AvgIpc) is 3.04. The number of benzene rings is 1. The van der Waals surface area contributed by atoms with E-state index in [1.807, 2.05) is 0 Å². The molecule has 2 heterocycles. The minimum absolute atomic E-state index is 0.154. The van der Waals surface area contributed by atoms with Crippen LogP contribution in [0.5, 0.6) is 0 Å². The van der Waals surface area contributed by atoms with Gasteiger partial charge in [0.05, 0.1) is 10.6 Å². The van der Waals surface area contributed by atoms with Crippen molar-refractivity contribution in [3.63, 3.8) is 0 Å². The summed E-state index contributed by atoms with van der Waals surface area (Å²) in [7, 11) is 0. The number of carbonyl (C=O) groups excluding carboxylic acids is 1. The van der Waals surface area contributed by atoms with Gasteiger partial charge in [-0.15, -0.1) is 0 Å². The van der Waals surface area contributed by atoms with Gasteiger partial charge in [0, 0.05) is 12.6 Å². The fourth-order valence-corrected chi connectivity index (χ4v) is 3.20. The lowest BCUT2D eigenvalue weighted by molar-refractivity contribution is -0.141. The lowest BCUT2D eigenvalue weighted by atomic mass is 10.0. The first-order chi connectivity index (χ1) is 10.9. The van der Waals surface area contributed by atoms with Crippen molar-refractivity contribution in [2.45, 2.75) is 12.5 Å². The highest BCUT2D eigenvalue weighted by molar-refractivity contribution is 8.26. The molecule has 0 spiro atoms. The van der Waals surface area contributed by atoms with E-state index in [4.69, 9.17) is 12.2 Å². The molecule has 0 radical (unpaired) electrons. The summed E-state index contributed by atoms with van der Waals surface area (Å²) in [5.74, 6) is -1.82. The standard InChI is InChI=1S/C14H10FN3O3S2/c15-8-3-1-7(2-4-8)9-5-10(13(20)21)18(17-9)6-11-12(19)16-14(22)23-11/h1-4,6,10H,5H2,(H,20,21)(H,16,19,22)/b11-6-/t10-/m1/s1. The topological polar surface area (TPSA) is 82.0 Å². The fourth-order valence-electron chi connectivity index (χ4n) is 2.19. The van der Waals surface area contributed by atoms with Gasteiger partial charge in [-0.05, 0) is 17.7 Å². The van der Waals surface area contributed by atoms with Crippen LogP contribution in [0, 0.1) is 5.82 Å². The molecular formula is C14H10FN3O3S2. The summed E-state index contributed by atoms with van der Waals surface area (Å²) in [4.78, 5) is 23.4. The summed E-state index contributed by atoms with van der Waals surface area (Å²) in [6, 6.07) is 4.72. The van der Waals surface area contributed by atoms with Crippen LogP contribution < -0.4 is 5.32 Å². The van der Waals surface area contributed by atoms with E-state index in [1.165, 1.54) is 35.5 Å².